The Balaban J connectivity index is 1.56. The number of rotatable bonds is 6. The van der Waals surface area contributed by atoms with Crippen LogP contribution < -0.4 is 5.32 Å². The van der Waals surface area contributed by atoms with Crippen LogP contribution in [-0.2, 0) is 6.54 Å². The highest BCUT2D eigenvalue weighted by Gasteiger charge is 2.19. The van der Waals surface area contributed by atoms with E-state index < -0.39 is 0 Å². The second-order valence-electron chi connectivity index (χ2n) is 7.11. The van der Waals surface area contributed by atoms with Crippen molar-refractivity contribution in [1.82, 2.24) is 14.9 Å². The molecule has 0 radical (unpaired) electrons. The van der Waals surface area contributed by atoms with Crippen LogP contribution in [0.2, 0.25) is 0 Å². The van der Waals surface area contributed by atoms with Crippen LogP contribution in [0.4, 0.5) is 0 Å². The Labute approximate surface area is 170 Å². The second kappa shape index (κ2) is 8.57. The molecule has 4 nitrogen and oxygen atoms in total. The SMILES string of the molecule is Cc1ccccc1C(NC(=O)c1ccc(Cn2ccnc2)cc1)c1ccccc1. The lowest BCUT2D eigenvalue weighted by Crippen LogP contribution is -2.29. The Bertz CT molecular complexity index is 1070. The van der Waals surface area contributed by atoms with Crippen molar-refractivity contribution in [1.29, 1.82) is 0 Å². The van der Waals surface area contributed by atoms with Crippen LogP contribution in [0.25, 0.3) is 0 Å². The normalized spacial score (nSPS) is 11.8. The van der Waals surface area contributed by atoms with Gasteiger partial charge in [-0.15, -0.1) is 0 Å². The third-order valence-electron chi connectivity index (χ3n) is 5.05. The first-order valence-electron chi connectivity index (χ1n) is 9.67. The molecule has 0 spiro atoms. The predicted octanol–water partition coefficient (Wildman–Crippen LogP) is 4.76. The van der Waals surface area contributed by atoms with Gasteiger partial charge in [-0.2, -0.15) is 0 Å². The summed E-state index contributed by atoms with van der Waals surface area (Å²) >= 11 is 0. The Morgan fingerprint density at radius 3 is 2.38 bits per heavy atom. The molecule has 4 rings (SSSR count). The molecule has 3 aromatic carbocycles. The van der Waals surface area contributed by atoms with Gasteiger partial charge in [0.2, 0.25) is 0 Å². The highest BCUT2D eigenvalue weighted by Crippen LogP contribution is 2.25. The number of hydrogen-bond acceptors (Lipinski definition) is 2. The Morgan fingerprint density at radius 1 is 0.966 bits per heavy atom. The summed E-state index contributed by atoms with van der Waals surface area (Å²) in [6, 6.07) is 25.8. The van der Waals surface area contributed by atoms with Crippen LogP contribution in [0.5, 0.6) is 0 Å². The fraction of sp³-hybridized carbons (Fsp3) is 0.120. The highest BCUT2D eigenvalue weighted by atomic mass is 16.1. The Kier molecular flexibility index (Phi) is 5.52. The molecule has 1 amide bonds. The molecule has 4 heteroatoms. The summed E-state index contributed by atoms with van der Waals surface area (Å²) in [4.78, 5) is 17.1. The van der Waals surface area contributed by atoms with Gasteiger partial charge in [-0.25, -0.2) is 4.98 Å². The second-order valence-corrected chi connectivity index (χ2v) is 7.11. The number of aromatic nitrogens is 2. The third kappa shape index (κ3) is 4.43. The van der Waals surface area contributed by atoms with E-state index in [0.717, 1.165) is 28.8 Å². The topological polar surface area (TPSA) is 46.9 Å². The highest BCUT2D eigenvalue weighted by molar-refractivity contribution is 5.94. The molecule has 1 unspecified atom stereocenters. The summed E-state index contributed by atoms with van der Waals surface area (Å²) < 4.78 is 2.00. The van der Waals surface area contributed by atoms with Gasteiger partial charge in [-0.1, -0.05) is 66.7 Å². The van der Waals surface area contributed by atoms with Crippen LogP contribution in [0.3, 0.4) is 0 Å². The van der Waals surface area contributed by atoms with Gasteiger partial charge >= 0.3 is 0 Å². The van der Waals surface area contributed by atoms with Crippen molar-refractivity contribution in [3.8, 4) is 0 Å². The van der Waals surface area contributed by atoms with Gasteiger partial charge in [-0.3, -0.25) is 4.79 Å². The molecule has 1 aromatic heterocycles. The van der Waals surface area contributed by atoms with Gasteiger partial charge in [0.05, 0.1) is 12.4 Å². The molecule has 0 aliphatic heterocycles. The largest absolute Gasteiger partial charge is 0.341 e. The Hall–Kier alpha value is -3.66. The molecule has 0 saturated heterocycles. The minimum absolute atomic E-state index is 0.0868. The van der Waals surface area contributed by atoms with Gasteiger partial charge in [0, 0.05) is 24.5 Å². The quantitative estimate of drug-likeness (QED) is 0.523. The molecule has 0 bridgehead atoms. The number of hydrogen-bond donors (Lipinski definition) is 1. The zero-order valence-electron chi connectivity index (χ0n) is 16.3. The van der Waals surface area contributed by atoms with Crippen molar-refractivity contribution in [3.63, 3.8) is 0 Å². The fourth-order valence-corrected chi connectivity index (χ4v) is 3.46. The maximum atomic E-state index is 13.0. The molecule has 1 atom stereocenters. The number of nitrogens with zero attached hydrogens (tertiary/aromatic N) is 2. The van der Waals surface area contributed by atoms with E-state index >= 15 is 0 Å². The van der Waals surface area contributed by atoms with E-state index in [-0.39, 0.29) is 11.9 Å². The van der Waals surface area contributed by atoms with Crippen molar-refractivity contribution in [2.45, 2.75) is 19.5 Å². The van der Waals surface area contributed by atoms with E-state index in [1.807, 2.05) is 77.5 Å². The number of nitrogens with one attached hydrogen (secondary N) is 1. The summed E-state index contributed by atoms with van der Waals surface area (Å²) in [5, 5.41) is 3.22. The summed E-state index contributed by atoms with van der Waals surface area (Å²) in [5.41, 5.74) is 5.08. The molecule has 1 N–H and O–H groups in total. The van der Waals surface area contributed by atoms with Crippen molar-refractivity contribution in [2.24, 2.45) is 0 Å². The molecule has 0 saturated carbocycles. The molecule has 0 aliphatic carbocycles. The number of amides is 1. The van der Waals surface area contributed by atoms with Gasteiger partial charge in [0.1, 0.15) is 0 Å². The van der Waals surface area contributed by atoms with Gasteiger partial charge in [-0.05, 0) is 41.3 Å². The molecule has 144 valence electrons. The minimum atomic E-state index is -0.199. The molecular weight excluding hydrogens is 358 g/mol. The molecule has 0 fully saturated rings. The van der Waals surface area contributed by atoms with Gasteiger partial charge < -0.3 is 9.88 Å². The van der Waals surface area contributed by atoms with Gasteiger partial charge in [0.15, 0.2) is 0 Å². The molecular formula is C25H23N3O. The summed E-state index contributed by atoms with van der Waals surface area (Å²) in [5.74, 6) is -0.0868. The number of benzene rings is 3. The van der Waals surface area contributed by atoms with Crippen LogP contribution in [-0.4, -0.2) is 15.5 Å². The third-order valence-corrected chi connectivity index (χ3v) is 5.05. The lowest BCUT2D eigenvalue weighted by molar-refractivity contribution is 0.0943. The van der Waals surface area contributed by atoms with E-state index in [0.29, 0.717) is 5.56 Å². The van der Waals surface area contributed by atoms with E-state index in [4.69, 9.17) is 0 Å². The van der Waals surface area contributed by atoms with Crippen LogP contribution in [0, 0.1) is 6.92 Å². The number of imidazole rings is 1. The zero-order valence-corrected chi connectivity index (χ0v) is 16.3. The van der Waals surface area contributed by atoms with Crippen LogP contribution in [0.15, 0.2) is 97.6 Å². The number of carbonyl (C=O) groups excluding carboxylic acids is 1. The van der Waals surface area contributed by atoms with Crippen molar-refractivity contribution < 1.29 is 4.79 Å². The Morgan fingerprint density at radius 2 is 1.69 bits per heavy atom. The van der Waals surface area contributed by atoms with E-state index in [2.05, 4.69) is 29.4 Å². The predicted molar refractivity (Wildman–Crippen MR) is 115 cm³/mol. The lowest BCUT2D eigenvalue weighted by atomic mass is 9.94. The molecule has 4 aromatic rings. The summed E-state index contributed by atoms with van der Waals surface area (Å²) in [6.45, 7) is 2.81. The van der Waals surface area contributed by atoms with E-state index in [9.17, 15) is 4.79 Å². The van der Waals surface area contributed by atoms with Crippen molar-refractivity contribution in [2.75, 3.05) is 0 Å². The first-order chi connectivity index (χ1) is 14.2. The average Bonchev–Trinajstić information content (AvgIpc) is 3.27. The number of carbonyl (C=O) groups is 1. The van der Waals surface area contributed by atoms with Crippen LogP contribution >= 0.6 is 0 Å². The monoisotopic (exact) mass is 381 g/mol. The minimum Gasteiger partial charge on any atom is -0.341 e. The van der Waals surface area contributed by atoms with Crippen LogP contribution in [0.1, 0.15) is 38.7 Å². The van der Waals surface area contributed by atoms with E-state index in [1.165, 1.54) is 0 Å². The molecule has 29 heavy (non-hydrogen) atoms. The number of aryl methyl sites for hydroxylation is 1. The smallest absolute Gasteiger partial charge is 0.252 e. The molecule has 1 heterocycles. The standard InChI is InChI=1S/C25H23N3O/c1-19-7-5-6-10-23(19)24(21-8-3-2-4-9-21)27-25(29)22-13-11-20(12-14-22)17-28-16-15-26-18-28/h2-16,18,24H,17H2,1H3,(H,27,29). The summed E-state index contributed by atoms with van der Waals surface area (Å²) in [7, 11) is 0. The van der Waals surface area contributed by atoms with E-state index in [1.54, 1.807) is 12.5 Å². The lowest BCUT2D eigenvalue weighted by Gasteiger charge is -2.22. The first kappa shape index (κ1) is 18.7. The van der Waals surface area contributed by atoms with Crippen molar-refractivity contribution >= 4 is 5.91 Å². The first-order valence-corrected chi connectivity index (χ1v) is 9.67. The maximum Gasteiger partial charge on any atom is 0.252 e. The maximum absolute atomic E-state index is 13.0. The van der Waals surface area contributed by atoms with Gasteiger partial charge in [0.25, 0.3) is 5.91 Å². The summed E-state index contributed by atoms with van der Waals surface area (Å²) in [6.07, 6.45) is 5.47. The fourth-order valence-electron chi connectivity index (χ4n) is 3.46. The van der Waals surface area contributed by atoms with Crippen molar-refractivity contribution in [3.05, 3.63) is 125 Å². The molecule has 0 aliphatic rings. The average molecular weight is 381 g/mol. The zero-order chi connectivity index (χ0) is 20.1.